The van der Waals surface area contributed by atoms with Crippen LogP contribution < -0.4 is 0 Å². The second-order valence-electron chi connectivity index (χ2n) is 5.18. The Bertz CT molecular complexity index is 185. The first-order chi connectivity index (χ1) is 6.84. The molecule has 0 saturated carbocycles. The Morgan fingerprint density at radius 1 is 1.07 bits per heavy atom. The van der Waals surface area contributed by atoms with Gasteiger partial charge >= 0.3 is 0 Å². The van der Waals surface area contributed by atoms with E-state index < -0.39 is 0 Å². The van der Waals surface area contributed by atoms with E-state index in [-0.39, 0.29) is 0 Å². The monoisotopic (exact) mass is 213 g/mol. The topological polar surface area (TPSA) is 30.3 Å². The van der Waals surface area contributed by atoms with Crippen molar-refractivity contribution >= 4 is 5.84 Å². The summed E-state index contributed by atoms with van der Waals surface area (Å²) in [5.74, 6) is 1.71. The Morgan fingerprint density at radius 2 is 1.60 bits per heavy atom. The van der Waals surface area contributed by atoms with Gasteiger partial charge in [-0.25, -0.2) is 0 Å². The maximum absolute atomic E-state index is 8.05. The van der Waals surface area contributed by atoms with Crippen molar-refractivity contribution in [1.82, 2.24) is 9.80 Å². The van der Waals surface area contributed by atoms with Crippen molar-refractivity contribution in [3.63, 3.8) is 0 Å². The highest BCUT2D eigenvalue weighted by molar-refractivity contribution is 5.80. The van der Waals surface area contributed by atoms with E-state index in [0.717, 1.165) is 25.5 Å². The van der Waals surface area contributed by atoms with Gasteiger partial charge in [0.05, 0.1) is 5.84 Å². The van der Waals surface area contributed by atoms with Crippen LogP contribution in [0, 0.1) is 17.2 Å². The molecular weight excluding hydrogens is 186 g/mol. The SMILES string of the molecule is CC(C)CN(CCN(C)C)C(=N)C(C)C. The van der Waals surface area contributed by atoms with Crippen LogP contribution in [-0.2, 0) is 0 Å². The summed E-state index contributed by atoms with van der Waals surface area (Å²) in [6.45, 7) is 11.6. The zero-order valence-corrected chi connectivity index (χ0v) is 11.2. The molecule has 3 heteroatoms. The minimum atomic E-state index is 0.325. The molecule has 0 saturated heterocycles. The van der Waals surface area contributed by atoms with Crippen molar-refractivity contribution < 1.29 is 0 Å². The van der Waals surface area contributed by atoms with Crippen LogP contribution in [0.5, 0.6) is 0 Å². The molecule has 0 rings (SSSR count). The molecule has 0 bridgehead atoms. The average Bonchev–Trinajstić information content (AvgIpc) is 2.10. The summed E-state index contributed by atoms with van der Waals surface area (Å²) in [7, 11) is 4.15. The van der Waals surface area contributed by atoms with Gasteiger partial charge in [0.15, 0.2) is 0 Å². The van der Waals surface area contributed by atoms with Crippen molar-refractivity contribution in [2.75, 3.05) is 33.7 Å². The molecular formula is C12H27N3. The third-order valence-corrected chi connectivity index (χ3v) is 2.29. The maximum atomic E-state index is 8.05. The summed E-state index contributed by atoms with van der Waals surface area (Å²) >= 11 is 0. The van der Waals surface area contributed by atoms with Gasteiger partial charge < -0.3 is 9.80 Å². The molecule has 0 spiro atoms. The molecule has 0 aliphatic carbocycles. The summed E-state index contributed by atoms with van der Waals surface area (Å²) in [5, 5.41) is 8.05. The molecule has 0 aliphatic rings. The van der Waals surface area contributed by atoms with Crippen LogP contribution in [0.25, 0.3) is 0 Å². The summed E-state index contributed by atoms with van der Waals surface area (Å²) in [4.78, 5) is 4.37. The van der Waals surface area contributed by atoms with E-state index in [1.54, 1.807) is 0 Å². The normalized spacial score (nSPS) is 11.5. The Labute approximate surface area is 95.0 Å². The lowest BCUT2D eigenvalue weighted by atomic mass is 10.1. The van der Waals surface area contributed by atoms with E-state index in [1.165, 1.54) is 0 Å². The van der Waals surface area contributed by atoms with Gasteiger partial charge in [-0.2, -0.15) is 0 Å². The van der Waals surface area contributed by atoms with E-state index in [1.807, 2.05) is 0 Å². The summed E-state index contributed by atoms with van der Waals surface area (Å²) < 4.78 is 0. The van der Waals surface area contributed by atoms with Crippen molar-refractivity contribution in [2.45, 2.75) is 27.7 Å². The predicted molar refractivity (Wildman–Crippen MR) is 67.5 cm³/mol. The van der Waals surface area contributed by atoms with E-state index in [9.17, 15) is 0 Å². The molecule has 0 aromatic carbocycles. The fourth-order valence-electron chi connectivity index (χ4n) is 1.44. The van der Waals surface area contributed by atoms with E-state index in [2.05, 4.69) is 51.6 Å². The largest absolute Gasteiger partial charge is 0.359 e. The van der Waals surface area contributed by atoms with Crippen LogP contribution >= 0.6 is 0 Å². The molecule has 0 heterocycles. The molecule has 0 aromatic rings. The highest BCUT2D eigenvalue weighted by Crippen LogP contribution is 2.05. The Balaban J connectivity index is 4.24. The molecule has 3 nitrogen and oxygen atoms in total. The number of nitrogens with one attached hydrogen (secondary N) is 1. The first-order valence-corrected chi connectivity index (χ1v) is 5.82. The minimum absolute atomic E-state index is 0.325. The number of likely N-dealkylation sites (N-methyl/N-ethyl adjacent to an activating group) is 1. The number of rotatable bonds is 6. The molecule has 0 radical (unpaired) electrons. The third-order valence-electron chi connectivity index (χ3n) is 2.29. The van der Waals surface area contributed by atoms with Gasteiger partial charge in [0.1, 0.15) is 0 Å². The van der Waals surface area contributed by atoms with E-state index in [0.29, 0.717) is 11.8 Å². The molecule has 1 N–H and O–H groups in total. The van der Waals surface area contributed by atoms with Gasteiger partial charge in [-0.1, -0.05) is 27.7 Å². The van der Waals surface area contributed by atoms with Crippen LogP contribution in [0.1, 0.15) is 27.7 Å². The lowest BCUT2D eigenvalue weighted by Gasteiger charge is -2.30. The molecule has 15 heavy (non-hydrogen) atoms. The van der Waals surface area contributed by atoms with Crippen LogP contribution in [0.4, 0.5) is 0 Å². The van der Waals surface area contributed by atoms with Gasteiger partial charge in [-0.05, 0) is 20.0 Å². The van der Waals surface area contributed by atoms with Crippen LogP contribution in [0.3, 0.4) is 0 Å². The number of hydrogen-bond acceptors (Lipinski definition) is 2. The molecule has 0 unspecified atom stereocenters. The number of amidine groups is 1. The quantitative estimate of drug-likeness (QED) is 0.541. The van der Waals surface area contributed by atoms with E-state index >= 15 is 0 Å². The second kappa shape index (κ2) is 6.83. The van der Waals surface area contributed by atoms with Gasteiger partial charge in [-0.15, -0.1) is 0 Å². The van der Waals surface area contributed by atoms with Gasteiger partial charge in [-0.3, -0.25) is 5.41 Å². The smallest absolute Gasteiger partial charge is 0.0984 e. The molecule has 0 aromatic heterocycles. The maximum Gasteiger partial charge on any atom is 0.0984 e. The standard InChI is InChI=1S/C12H27N3/c1-10(2)9-15(8-7-14(5)6)12(13)11(3)4/h10-11,13H,7-9H2,1-6H3. The fourth-order valence-corrected chi connectivity index (χ4v) is 1.44. The number of hydrogen-bond donors (Lipinski definition) is 1. The lowest BCUT2D eigenvalue weighted by molar-refractivity contribution is 0.298. The second-order valence-corrected chi connectivity index (χ2v) is 5.18. The van der Waals surface area contributed by atoms with Gasteiger partial charge in [0.25, 0.3) is 0 Å². The van der Waals surface area contributed by atoms with Crippen LogP contribution in [0.2, 0.25) is 0 Å². The predicted octanol–water partition coefficient (Wildman–Crippen LogP) is 2.14. The fraction of sp³-hybridized carbons (Fsp3) is 0.917. The zero-order chi connectivity index (χ0) is 12.0. The molecule has 0 aliphatic heterocycles. The van der Waals surface area contributed by atoms with Crippen LogP contribution in [0.15, 0.2) is 0 Å². The summed E-state index contributed by atoms with van der Waals surface area (Å²) in [5.41, 5.74) is 0. The summed E-state index contributed by atoms with van der Waals surface area (Å²) in [6, 6.07) is 0. The first kappa shape index (κ1) is 14.4. The van der Waals surface area contributed by atoms with E-state index in [4.69, 9.17) is 5.41 Å². The zero-order valence-electron chi connectivity index (χ0n) is 11.2. The van der Waals surface area contributed by atoms with Crippen molar-refractivity contribution in [3.8, 4) is 0 Å². The van der Waals surface area contributed by atoms with Crippen molar-refractivity contribution in [3.05, 3.63) is 0 Å². The Hall–Kier alpha value is -0.570. The average molecular weight is 213 g/mol. The Morgan fingerprint density at radius 3 is 1.93 bits per heavy atom. The molecule has 0 fully saturated rings. The number of nitrogens with zero attached hydrogens (tertiary/aromatic N) is 2. The first-order valence-electron chi connectivity index (χ1n) is 5.82. The lowest BCUT2D eigenvalue weighted by Crippen LogP contribution is -2.40. The summed E-state index contributed by atoms with van der Waals surface area (Å²) in [6.07, 6.45) is 0. The third kappa shape index (κ3) is 6.50. The van der Waals surface area contributed by atoms with Crippen molar-refractivity contribution in [2.24, 2.45) is 11.8 Å². The minimum Gasteiger partial charge on any atom is -0.359 e. The van der Waals surface area contributed by atoms with Crippen molar-refractivity contribution in [1.29, 1.82) is 5.41 Å². The highest BCUT2D eigenvalue weighted by atomic mass is 15.2. The molecule has 0 amide bonds. The van der Waals surface area contributed by atoms with Gasteiger partial charge in [0, 0.05) is 25.6 Å². The van der Waals surface area contributed by atoms with Crippen LogP contribution in [-0.4, -0.2) is 49.4 Å². The molecule has 90 valence electrons. The highest BCUT2D eigenvalue weighted by Gasteiger charge is 2.14. The molecule has 0 atom stereocenters. The van der Waals surface area contributed by atoms with Gasteiger partial charge in [0.2, 0.25) is 0 Å². The Kier molecular flexibility index (Phi) is 6.57.